The van der Waals surface area contributed by atoms with Crippen molar-refractivity contribution >= 4 is 22.2 Å². The molecule has 1 fully saturated rings. The molecule has 1 saturated heterocycles. The molecule has 20 heavy (non-hydrogen) atoms. The van der Waals surface area contributed by atoms with E-state index < -0.39 is 0 Å². The fourth-order valence-electron chi connectivity index (χ4n) is 2.83. The highest BCUT2D eigenvalue weighted by atomic mass is 32.1. The molecule has 106 valence electrons. The normalized spacial score (nSPS) is 15.7. The number of aryl methyl sites for hydroxylation is 1. The summed E-state index contributed by atoms with van der Waals surface area (Å²) in [5.41, 5.74) is 9.77. The van der Waals surface area contributed by atoms with Gasteiger partial charge in [-0.15, -0.1) is 11.3 Å². The van der Waals surface area contributed by atoms with E-state index >= 15 is 0 Å². The van der Waals surface area contributed by atoms with Crippen molar-refractivity contribution in [2.75, 3.05) is 36.0 Å². The van der Waals surface area contributed by atoms with Crippen molar-refractivity contribution in [1.82, 2.24) is 4.98 Å². The van der Waals surface area contributed by atoms with Gasteiger partial charge in [-0.25, -0.2) is 4.98 Å². The van der Waals surface area contributed by atoms with Gasteiger partial charge in [0.1, 0.15) is 0 Å². The van der Waals surface area contributed by atoms with Gasteiger partial charge in [-0.2, -0.15) is 0 Å². The summed E-state index contributed by atoms with van der Waals surface area (Å²) in [6.45, 7) is 6.86. The van der Waals surface area contributed by atoms with E-state index in [0.29, 0.717) is 6.54 Å². The molecule has 0 atom stereocenters. The number of thiazole rings is 1. The third-order valence-corrected chi connectivity index (χ3v) is 4.66. The summed E-state index contributed by atoms with van der Waals surface area (Å²) in [5.74, 6) is 0. The molecule has 0 radical (unpaired) electrons. The van der Waals surface area contributed by atoms with Gasteiger partial charge in [-0.3, -0.25) is 0 Å². The standard InChI is InChI=1S/C15H20N4S/c1-12-3-2-4-13(11-16)14(12)18-6-8-19(9-7-18)15-17-5-10-20-15/h2-5,10H,6-9,11,16H2,1H3. The van der Waals surface area contributed by atoms with E-state index in [4.69, 9.17) is 5.73 Å². The van der Waals surface area contributed by atoms with Gasteiger partial charge < -0.3 is 15.5 Å². The van der Waals surface area contributed by atoms with Gasteiger partial charge in [0, 0.05) is 50.0 Å². The maximum atomic E-state index is 5.89. The van der Waals surface area contributed by atoms with E-state index in [1.54, 1.807) is 11.3 Å². The van der Waals surface area contributed by atoms with Crippen LogP contribution in [0.5, 0.6) is 0 Å². The van der Waals surface area contributed by atoms with Gasteiger partial charge in [-0.1, -0.05) is 18.2 Å². The number of piperazine rings is 1. The zero-order chi connectivity index (χ0) is 13.9. The number of nitrogens with two attached hydrogens (primary N) is 1. The predicted molar refractivity (Wildman–Crippen MR) is 85.6 cm³/mol. The Bertz CT molecular complexity index is 559. The van der Waals surface area contributed by atoms with E-state index in [1.165, 1.54) is 16.8 Å². The lowest BCUT2D eigenvalue weighted by Crippen LogP contribution is -2.47. The highest BCUT2D eigenvalue weighted by Crippen LogP contribution is 2.27. The smallest absolute Gasteiger partial charge is 0.185 e. The minimum atomic E-state index is 0.601. The fourth-order valence-corrected chi connectivity index (χ4v) is 3.53. The number of aromatic nitrogens is 1. The summed E-state index contributed by atoms with van der Waals surface area (Å²) in [6, 6.07) is 6.39. The lowest BCUT2D eigenvalue weighted by atomic mass is 10.1. The van der Waals surface area contributed by atoms with Gasteiger partial charge in [-0.05, 0) is 18.1 Å². The highest BCUT2D eigenvalue weighted by Gasteiger charge is 2.21. The Morgan fingerprint density at radius 2 is 1.95 bits per heavy atom. The van der Waals surface area contributed by atoms with Crippen molar-refractivity contribution < 1.29 is 0 Å². The van der Waals surface area contributed by atoms with Crippen LogP contribution in [0, 0.1) is 6.92 Å². The maximum absolute atomic E-state index is 5.89. The van der Waals surface area contributed by atoms with Gasteiger partial charge in [0.15, 0.2) is 5.13 Å². The molecule has 1 aliphatic heterocycles. The van der Waals surface area contributed by atoms with E-state index in [9.17, 15) is 0 Å². The molecule has 1 aromatic heterocycles. The molecule has 0 unspecified atom stereocenters. The Morgan fingerprint density at radius 1 is 1.20 bits per heavy atom. The second kappa shape index (κ2) is 5.81. The molecule has 1 aliphatic rings. The maximum Gasteiger partial charge on any atom is 0.185 e. The van der Waals surface area contributed by atoms with Crippen LogP contribution >= 0.6 is 11.3 Å². The first kappa shape index (κ1) is 13.4. The average Bonchev–Trinajstić information content (AvgIpc) is 3.01. The first-order chi connectivity index (χ1) is 9.79. The molecule has 0 amide bonds. The van der Waals surface area contributed by atoms with E-state index in [1.807, 2.05) is 11.6 Å². The van der Waals surface area contributed by atoms with Gasteiger partial charge in [0.05, 0.1) is 0 Å². The number of hydrogen-bond acceptors (Lipinski definition) is 5. The third-order valence-electron chi connectivity index (χ3n) is 3.83. The summed E-state index contributed by atoms with van der Waals surface area (Å²) in [6.07, 6.45) is 1.88. The lowest BCUT2D eigenvalue weighted by molar-refractivity contribution is 0.648. The Kier molecular flexibility index (Phi) is 3.89. The van der Waals surface area contributed by atoms with Gasteiger partial charge in [0.25, 0.3) is 0 Å². The molecule has 2 aromatic rings. The molecule has 0 saturated carbocycles. The van der Waals surface area contributed by atoms with Crippen LogP contribution < -0.4 is 15.5 Å². The van der Waals surface area contributed by atoms with Gasteiger partial charge in [0.2, 0.25) is 0 Å². The molecular weight excluding hydrogens is 268 g/mol. The zero-order valence-electron chi connectivity index (χ0n) is 11.7. The van der Waals surface area contributed by atoms with Crippen LogP contribution in [0.2, 0.25) is 0 Å². The monoisotopic (exact) mass is 288 g/mol. The van der Waals surface area contributed by atoms with Crippen molar-refractivity contribution in [2.45, 2.75) is 13.5 Å². The summed E-state index contributed by atoms with van der Waals surface area (Å²) in [5, 5.41) is 3.17. The minimum Gasteiger partial charge on any atom is -0.368 e. The van der Waals surface area contributed by atoms with Crippen LogP contribution in [0.4, 0.5) is 10.8 Å². The molecule has 2 N–H and O–H groups in total. The quantitative estimate of drug-likeness (QED) is 0.941. The van der Waals surface area contributed by atoms with Crippen molar-refractivity contribution in [1.29, 1.82) is 0 Å². The summed E-state index contributed by atoms with van der Waals surface area (Å²) >= 11 is 1.71. The van der Waals surface area contributed by atoms with Crippen molar-refractivity contribution in [3.05, 3.63) is 40.9 Å². The molecule has 2 heterocycles. The summed E-state index contributed by atoms with van der Waals surface area (Å²) in [4.78, 5) is 9.22. The molecule has 1 aromatic carbocycles. The summed E-state index contributed by atoms with van der Waals surface area (Å²) < 4.78 is 0. The molecule has 5 heteroatoms. The van der Waals surface area contributed by atoms with Crippen molar-refractivity contribution in [3.63, 3.8) is 0 Å². The molecule has 0 spiro atoms. The lowest BCUT2D eigenvalue weighted by Gasteiger charge is -2.37. The van der Waals surface area contributed by atoms with Crippen molar-refractivity contribution in [2.24, 2.45) is 5.73 Å². The number of para-hydroxylation sites is 1. The minimum absolute atomic E-state index is 0.601. The van der Waals surface area contributed by atoms with E-state index in [2.05, 4.69) is 39.9 Å². The summed E-state index contributed by atoms with van der Waals surface area (Å²) in [7, 11) is 0. The SMILES string of the molecule is Cc1cccc(CN)c1N1CCN(c2nccs2)CC1. The van der Waals surface area contributed by atoms with Gasteiger partial charge >= 0.3 is 0 Å². The van der Waals surface area contributed by atoms with Crippen LogP contribution in [0.1, 0.15) is 11.1 Å². The second-order valence-corrected chi connectivity index (χ2v) is 5.95. The molecule has 0 bridgehead atoms. The van der Waals surface area contributed by atoms with Crippen LogP contribution in [-0.2, 0) is 6.54 Å². The molecular formula is C15H20N4S. The molecule has 4 nitrogen and oxygen atoms in total. The van der Waals surface area contributed by atoms with Crippen LogP contribution in [0.15, 0.2) is 29.8 Å². The highest BCUT2D eigenvalue weighted by molar-refractivity contribution is 7.13. The fraction of sp³-hybridized carbons (Fsp3) is 0.400. The second-order valence-electron chi connectivity index (χ2n) is 5.08. The Labute approximate surface area is 123 Å². The Balaban J connectivity index is 1.75. The van der Waals surface area contributed by atoms with Crippen LogP contribution in [0.25, 0.3) is 0 Å². The Hall–Kier alpha value is -1.59. The first-order valence-corrected chi connectivity index (χ1v) is 7.85. The number of anilines is 2. The number of benzene rings is 1. The number of hydrogen-bond donors (Lipinski definition) is 1. The first-order valence-electron chi connectivity index (χ1n) is 6.97. The van der Waals surface area contributed by atoms with E-state index in [-0.39, 0.29) is 0 Å². The number of nitrogens with zero attached hydrogens (tertiary/aromatic N) is 3. The Morgan fingerprint density at radius 3 is 2.60 bits per heavy atom. The molecule has 3 rings (SSSR count). The topological polar surface area (TPSA) is 45.4 Å². The largest absolute Gasteiger partial charge is 0.368 e. The van der Waals surface area contributed by atoms with E-state index in [0.717, 1.165) is 31.3 Å². The number of rotatable bonds is 3. The average molecular weight is 288 g/mol. The predicted octanol–water partition coefficient (Wildman–Crippen LogP) is 2.24. The van der Waals surface area contributed by atoms with Crippen molar-refractivity contribution in [3.8, 4) is 0 Å². The third kappa shape index (κ3) is 2.51. The van der Waals surface area contributed by atoms with Crippen LogP contribution in [-0.4, -0.2) is 31.2 Å². The zero-order valence-corrected chi connectivity index (χ0v) is 12.6. The van der Waals surface area contributed by atoms with Crippen LogP contribution in [0.3, 0.4) is 0 Å². The molecule has 0 aliphatic carbocycles.